The molecule has 0 saturated heterocycles. The van der Waals surface area contributed by atoms with Gasteiger partial charge in [-0.05, 0) is 12.1 Å². The molecular weight excluding hydrogens is 254 g/mol. The van der Waals surface area contributed by atoms with Crippen LogP contribution in [0.1, 0.15) is 0 Å². The van der Waals surface area contributed by atoms with Crippen molar-refractivity contribution in [3.05, 3.63) is 56.9 Å². The lowest BCUT2D eigenvalue weighted by Crippen LogP contribution is -1.97. The first kappa shape index (κ1) is 12.4. The number of aromatic nitrogens is 2. The minimum atomic E-state index is -0.555. The lowest BCUT2D eigenvalue weighted by molar-refractivity contribution is -0.385. The van der Waals surface area contributed by atoms with E-state index in [1.807, 2.05) is 0 Å². The lowest BCUT2D eigenvalue weighted by atomic mass is 10.4. The van der Waals surface area contributed by atoms with E-state index in [1.165, 1.54) is 24.3 Å². The molecule has 2 rings (SSSR count). The molecule has 0 amide bonds. The van der Waals surface area contributed by atoms with E-state index >= 15 is 0 Å². The molecule has 9 heteroatoms. The van der Waals surface area contributed by atoms with Crippen molar-refractivity contribution in [1.82, 2.24) is 9.97 Å². The van der Waals surface area contributed by atoms with Crippen molar-refractivity contribution in [2.75, 3.05) is 5.32 Å². The van der Waals surface area contributed by atoms with Gasteiger partial charge in [-0.3, -0.25) is 20.2 Å². The standard InChI is InChI=1S/C10H7N5O4/c16-14(17)7-1-3-9(11-5-7)13-10-4-2-8(6-12-10)15(18)19/h1-6H,(H,11,12,13). The first-order chi connectivity index (χ1) is 9.06. The Morgan fingerprint density at radius 1 is 0.842 bits per heavy atom. The molecule has 0 aliphatic carbocycles. The molecule has 96 valence electrons. The molecule has 0 spiro atoms. The summed E-state index contributed by atoms with van der Waals surface area (Å²) >= 11 is 0. The molecule has 0 aromatic carbocycles. The molecule has 0 fully saturated rings. The topological polar surface area (TPSA) is 124 Å². The van der Waals surface area contributed by atoms with Crippen LogP contribution in [0.3, 0.4) is 0 Å². The van der Waals surface area contributed by atoms with Crippen LogP contribution in [-0.2, 0) is 0 Å². The highest BCUT2D eigenvalue weighted by atomic mass is 16.6. The summed E-state index contributed by atoms with van der Waals surface area (Å²) in [4.78, 5) is 27.4. The molecule has 0 unspecified atom stereocenters. The van der Waals surface area contributed by atoms with Gasteiger partial charge in [-0.25, -0.2) is 9.97 Å². The van der Waals surface area contributed by atoms with Crippen molar-refractivity contribution in [1.29, 1.82) is 0 Å². The summed E-state index contributed by atoms with van der Waals surface area (Å²) in [6.45, 7) is 0. The minimum absolute atomic E-state index is 0.123. The fourth-order valence-electron chi connectivity index (χ4n) is 1.27. The number of nitrogens with zero attached hydrogens (tertiary/aromatic N) is 4. The molecular formula is C10H7N5O4. The van der Waals surface area contributed by atoms with Crippen LogP contribution in [0.5, 0.6) is 0 Å². The van der Waals surface area contributed by atoms with Gasteiger partial charge in [-0.2, -0.15) is 0 Å². The van der Waals surface area contributed by atoms with Crippen molar-refractivity contribution < 1.29 is 9.85 Å². The highest BCUT2D eigenvalue weighted by molar-refractivity contribution is 5.53. The number of anilines is 2. The molecule has 0 radical (unpaired) electrons. The fourth-order valence-corrected chi connectivity index (χ4v) is 1.27. The monoisotopic (exact) mass is 261 g/mol. The van der Waals surface area contributed by atoms with Gasteiger partial charge in [0.2, 0.25) is 0 Å². The predicted molar refractivity (Wildman–Crippen MR) is 65.1 cm³/mol. The summed E-state index contributed by atoms with van der Waals surface area (Å²) in [6.07, 6.45) is 2.21. The van der Waals surface area contributed by atoms with Crippen LogP contribution in [0.25, 0.3) is 0 Å². The quantitative estimate of drug-likeness (QED) is 0.659. The summed E-state index contributed by atoms with van der Waals surface area (Å²) in [6, 6.07) is 5.42. The van der Waals surface area contributed by atoms with Gasteiger partial charge in [0.1, 0.15) is 24.0 Å². The van der Waals surface area contributed by atoms with E-state index in [2.05, 4.69) is 15.3 Å². The summed E-state index contributed by atoms with van der Waals surface area (Å²) in [5.74, 6) is 0.707. The van der Waals surface area contributed by atoms with Gasteiger partial charge in [0, 0.05) is 12.1 Å². The zero-order valence-electron chi connectivity index (χ0n) is 9.39. The maximum atomic E-state index is 10.4. The molecule has 0 aliphatic rings. The molecule has 1 N–H and O–H groups in total. The summed E-state index contributed by atoms with van der Waals surface area (Å²) in [5, 5.41) is 23.7. The van der Waals surface area contributed by atoms with E-state index in [1.54, 1.807) is 0 Å². The number of nitrogens with one attached hydrogen (secondary N) is 1. The van der Waals surface area contributed by atoms with E-state index in [0.717, 1.165) is 12.4 Å². The molecule has 9 nitrogen and oxygen atoms in total. The smallest absolute Gasteiger partial charge is 0.287 e. The average Bonchev–Trinajstić information content (AvgIpc) is 2.40. The Labute approximate surface area is 106 Å². The van der Waals surface area contributed by atoms with Crippen LogP contribution in [0.4, 0.5) is 23.0 Å². The zero-order valence-corrected chi connectivity index (χ0v) is 9.39. The van der Waals surface area contributed by atoms with Crippen molar-refractivity contribution in [3.63, 3.8) is 0 Å². The molecule has 19 heavy (non-hydrogen) atoms. The Morgan fingerprint density at radius 3 is 1.53 bits per heavy atom. The van der Waals surface area contributed by atoms with Gasteiger partial charge >= 0.3 is 0 Å². The Morgan fingerprint density at radius 2 is 1.26 bits per heavy atom. The van der Waals surface area contributed by atoms with Gasteiger partial charge < -0.3 is 5.32 Å². The largest absolute Gasteiger partial charge is 0.325 e. The average molecular weight is 261 g/mol. The fraction of sp³-hybridized carbons (Fsp3) is 0. The first-order valence-corrected chi connectivity index (χ1v) is 5.04. The Kier molecular flexibility index (Phi) is 3.28. The van der Waals surface area contributed by atoms with Crippen LogP contribution >= 0.6 is 0 Å². The second kappa shape index (κ2) is 5.04. The second-order valence-corrected chi connectivity index (χ2v) is 3.44. The predicted octanol–water partition coefficient (Wildman–Crippen LogP) is 2.04. The van der Waals surface area contributed by atoms with Crippen LogP contribution in [0.15, 0.2) is 36.7 Å². The Balaban J connectivity index is 2.12. The number of nitro groups is 2. The Hall–Kier alpha value is -3.10. The number of hydrogen-bond acceptors (Lipinski definition) is 7. The van der Waals surface area contributed by atoms with Crippen LogP contribution in [-0.4, -0.2) is 19.8 Å². The van der Waals surface area contributed by atoms with E-state index in [0.29, 0.717) is 11.6 Å². The van der Waals surface area contributed by atoms with Crippen molar-refractivity contribution >= 4 is 23.0 Å². The van der Waals surface area contributed by atoms with Crippen LogP contribution in [0.2, 0.25) is 0 Å². The zero-order chi connectivity index (χ0) is 13.8. The molecule has 2 aromatic rings. The molecule has 0 aliphatic heterocycles. The van der Waals surface area contributed by atoms with Gasteiger partial charge in [-0.1, -0.05) is 0 Å². The highest BCUT2D eigenvalue weighted by Gasteiger charge is 2.07. The second-order valence-electron chi connectivity index (χ2n) is 3.44. The lowest BCUT2D eigenvalue weighted by Gasteiger charge is -2.03. The van der Waals surface area contributed by atoms with Crippen LogP contribution in [0, 0.1) is 20.2 Å². The SMILES string of the molecule is O=[N+]([O-])c1ccc(Nc2ccc([N+](=O)[O-])cn2)nc1. The third-order valence-corrected chi connectivity index (χ3v) is 2.17. The Bertz CT molecular complexity index is 555. The molecule has 2 heterocycles. The van der Waals surface area contributed by atoms with Crippen molar-refractivity contribution in [2.24, 2.45) is 0 Å². The molecule has 0 atom stereocenters. The maximum absolute atomic E-state index is 10.4. The number of pyridine rings is 2. The summed E-state index contributed by atoms with van der Waals surface area (Å²) in [5.41, 5.74) is -0.246. The third-order valence-electron chi connectivity index (χ3n) is 2.17. The van der Waals surface area contributed by atoms with Gasteiger partial charge in [0.25, 0.3) is 11.4 Å². The minimum Gasteiger partial charge on any atom is -0.325 e. The van der Waals surface area contributed by atoms with Gasteiger partial charge in [-0.15, -0.1) is 0 Å². The number of hydrogen-bond donors (Lipinski definition) is 1. The van der Waals surface area contributed by atoms with Crippen molar-refractivity contribution in [2.45, 2.75) is 0 Å². The van der Waals surface area contributed by atoms with Gasteiger partial charge in [0.05, 0.1) is 9.85 Å². The summed E-state index contributed by atoms with van der Waals surface area (Å²) in [7, 11) is 0. The van der Waals surface area contributed by atoms with Crippen molar-refractivity contribution in [3.8, 4) is 0 Å². The van der Waals surface area contributed by atoms with Gasteiger partial charge in [0.15, 0.2) is 0 Å². The van der Waals surface area contributed by atoms with E-state index in [9.17, 15) is 20.2 Å². The molecule has 2 aromatic heterocycles. The van der Waals surface area contributed by atoms with E-state index < -0.39 is 9.85 Å². The van der Waals surface area contributed by atoms with E-state index in [-0.39, 0.29) is 11.4 Å². The first-order valence-electron chi connectivity index (χ1n) is 5.04. The van der Waals surface area contributed by atoms with Crippen LogP contribution < -0.4 is 5.32 Å². The maximum Gasteiger partial charge on any atom is 0.287 e. The summed E-state index contributed by atoms with van der Waals surface area (Å²) < 4.78 is 0. The molecule has 0 saturated carbocycles. The third kappa shape index (κ3) is 2.97. The normalized spacial score (nSPS) is 9.89. The highest BCUT2D eigenvalue weighted by Crippen LogP contribution is 2.17. The molecule has 0 bridgehead atoms. The van der Waals surface area contributed by atoms with E-state index in [4.69, 9.17) is 0 Å². The number of rotatable bonds is 4.